The second-order valence-electron chi connectivity index (χ2n) is 6.07. The molecule has 17 heavy (non-hydrogen) atoms. The van der Waals surface area contributed by atoms with Gasteiger partial charge in [0.05, 0.1) is 6.26 Å². The van der Waals surface area contributed by atoms with Crippen LogP contribution < -0.4 is 5.32 Å². The van der Waals surface area contributed by atoms with E-state index >= 15 is 0 Å². The predicted octanol–water partition coefficient (Wildman–Crippen LogP) is 1.05. The molecule has 1 atom stereocenters. The Morgan fingerprint density at radius 3 is 2.71 bits per heavy atom. The molecule has 1 saturated carbocycles. The van der Waals surface area contributed by atoms with Gasteiger partial charge in [-0.2, -0.15) is 0 Å². The second-order valence-corrected chi connectivity index (χ2v) is 8.05. The van der Waals surface area contributed by atoms with Crippen LogP contribution in [0.5, 0.6) is 0 Å². The molecule has 4 nitrogen and oxygen atoms in total. The number of hydrogen-bond donors (Lipinski definition) is 1. The smallest absolute Gasteiger partial charge is 0.211 e. The minimum atomic E-state index is -2.99. The fourth-order valence-electron chi connectivity index (χ4n) is 2.46. The lowest BCUT2D eigenvalue weighted by Crippen LogP contribution is -2.42. The van der Waals surface area contributed by atoms with Crippen molar-refractivity contribution >= 4 is 10.0 Å². The number of rotatable bonds is 5. The van der Waals surface area contributed by atoms with Gasteiger partial charge in [-0.1, -0.05) is 6.92 Å². The standard InChI is InChI=1S/C12H24N2O2S/c1-12(5-6-12)10-13-8-11-4-3-7-14(9-11)17(2,15)16/h11,13H,3-10H2,1-2H3. The molecule has 0 aromatic heterocycles. The normalized spacial score (nSPS) is 29.2. The molecule has 0 spiro atoms. The molecular weight excluding hydrogens is 236 g/mol. The summed E-state index contributed by atoms with van der Waals surface area (Å²) in [5.74, 6) is 0.487. The van der Waals surface area contributed by atoms with E-state index in [1.54, 1.807) is 4.31 Å². The summed E-state index contributed by atoms with van der Waals surface area (Å²) in [6, 6.07) is 0. The molecule has 1 unspecified atom stereocenters. The minimum absolute atomic E-state index is 0.487. The molecule has 5 heteroatoms. The number of nitrogens with zero attached hydrogens (tertiary/aromatic N) is 1. The average Bonchev–Trinajstić information content (AvgIpc) is 2.96. The maximum absolute atomic E-state index is 11.5. The van der Waals surface area contributed by atoms with Crippen molar-refractivity contribution in [3.8, 4) is 0 Å². The zero-order valence-electron chi connectivity index (χ0n) is 10.9. The highest BCUT2D eigenvalue weighted by molar-refractivity contribution is 7.88. The largest absolute Gasteiger partial charge is 0.316 e. The first kappa shape index (κ1) is 13.3. The number of sulfonamides is 1. The highest BCUT2D eigenvalue weighted by Crippen LogP contribution is 2.44. The minimum Gasteiger partial charge on any atom is -0.316 e. The molecule has 0 bridgehead atoms. The van der Waals surface area contributed by atoms with E-state index in [4.69, 9.17) is 0 Å². The molecule has 0 radical (unpaired) electrons. The summed E-state index contributed by atoms with van der Waals surface area (Å²) in [4.78, 5) is 0. The Hall–Kier alpha value is -0.130. The van der Waals surface area contributed by atoms with E-state index in [2.05, 4.69) is 12.2 Å². The molecule has 1 N–H and O–H groups in total. The van der Waals surface area contributed by atoms with Crippen LogP contribution in [0.4, 0.5) is 0 Å². The number of piperidine rings is 1. The van der Waals surface area contributed by atoms with Crippen molar-refractivity contribution in [3.63, 3.8) is 0 Å². The van der Waals surface area contributed by atoms with E-state index < -0.39 is 10.0 Å². The summed E-state index contributed by atoms with van der Waals surface area (Å²) in [5.41, 5.74) is 0.533. The first-order chi connectivity index (χ1) is 7.89. The predicted molar refractivity (Wildman–Crippen MR) is 69.4 cm³/mol. The van der Waals surface area contributed by atoms with Crippen molar-refractivity contribution in [2.75, 3.05) is 32.4 Å². The topological polar surface area (TPSA) is 49.4 Å². The zero-order valence-corrected chi connectivity index (χ0v) is 11.7. The van der Waals surface area contributed by atoms with Crippen molar-refractivity contribution in [3.05, 3.63) is 0 Å². The van der Waals surface area contributed by atoms with Crippen molar-refractivity contribution in [1.82, 2.24) is 9.62 Å². The molecule has 2 fully saturated rings. The molecule has 1 aliphatic carbocycles. The van der Waals surface area contributed by atoms with Crippen molar-refractivity contribution in [1.29, 1.82) is 0 Å². The maximum atomic E-state index is 11.5. The zero-order chi connectivity index (χ0) is 12.5. The van der Waals surface area contributed by atoms with Gasteiger partial charge < -0.3 is 5.32 Å². The van der Waals surface area contributed by atoms with Gasteiger partial charge in [-0.25, -0.2) is 12.7 Å². The summed E-state index contributed by atoms with van der Waals surface area (Å²) in [6.45, 7) is 5.75. The van der Waals surface area contributed by atoms with Crippen LogP contribution in [-0.2, 0) is 10.0 Å². The van der Waals surface area contributed by atoms with E-state index in [1.165, 1.54) is 19.1 Å². The summed E-state index contributed by atoms with van der Waals surface area (Å²) in [6.07, 6.45) is 6.13. The van der Waals surface area contributed by atoms with Crippen LogP contribution in [0.2, 0.25) is 0 Å². The van der Waals surface area contributed by atoms with Crippen molar-refractivity contribution in [2.45, 2.75) is 32.6 Å². The van der Waals surface area contributed by atoms with Gasteiger partial charge in [-0.3, -0.25) is 0 Å². The molecule has 1 aliphatic heterocycles. The van der Waals surface area contributed by atoms with Crippen LogP contribution in [0.25, 0.3) is 0 Å². The van der Waals surface area contributed by atoms with Crippen LogP contribution in [0.1, 0.15) is 32.6 Å². The molecule has 0 aromatic carbocycles. The molecule has 100 valence electrons. The van der Waals surface area contributed by atoms with Gasteiger partial charge >= 0.3 is 0 Å². The first-order valence-corrected chi connectivity index (χ1v) is 8.40. The van der Waals surface area contributed by atoms with E-state index in [0.29, 0.717) is 24.4 Å². The van der Waals surface area contributed by atoms with E-state index in [1.807, 2.05) is 0 Å². The summed E-state index contributed by atoms with van der Waals surface area (Å²) < 4.78 is 24.6. The maximum Gasteiger partial charge on any atom is 0.211 e. The highest BCUT2D eigenvalue weighted by Gasteiger charge is 2.36. The summed E-state index contributed by atoms with van der Waals surface area (Å²) >= 11 is 0. The van der Waals surface area contributed by atoms with E-state index in [-0.39, 0.29) is 0 Å². The van der Waals surface area contributed by atoms with Gasteiger partial charge in [-0.15, -0.1) is 0 Å². The van der Waals surface area contributed by atoms with Crippen molar-refractivity contribution < 1.29 is 8.42 Å². The van der Waals surface area contributed by atoms with Gasteiger partial charge in [0, 0.05) is 19.6 Å². The average molecular weight is 260 g/mol. The van der Waals surface area contributed by atoms with Gasteiger partial charge in [0.1, 0.15) is 0 Å². The van der Waals surface area contributed by atoms with Crippen LogP contribution in [0.15, 0.2) is 0 Å². The van der Waals surface area contributed by atoms with Gasteiger partial charge in [-0.05, 0) is 43.6 Å². The molecule has 0 amide bonds. The third kappa shape index (κ3) is 3.93. The molecule has 2 rings (SSSR count). The molecule has 1 saturated heterocycles. The quantitative estimate of drug-likeness (QED) is 0.804. The number of nitrogens with one attached hydrogen (secondary N) is 1. The fourth-order valence-corrected chi connectivity index (χ4v) is 3.41. The van der Waals surface area contributed by atoms with Crippen molar-refractivity contribution in [2.24, 2.45) is 11.3 Å². The molecular formula is C12H24N2O2S. The Bertz CT molecular complexity index is 363. The van der Waals surface area contributed by atoms with E-state index in [9.17, 15) is 8.42 Å². The SMILES string of the molecule is CC1(CNCC2CCCN(S(C)(=O)=O)C2)CC1. The Labute approximate surface area is 105 Å². The van der Waals surface area contributed by atoms with Crippen LogP contribution >= 0.6 is 0 Å². The monoisotopic (exact) mass is 260 g/mol. The van der Waals surface area contributed by atoms with Gasteiger partial charge in [0.2, 0.25) is 10.0 Å². The fraction of sp³-hybridized carbons (Fsp3) is 1.00. The van der Waals surface area contributed by atoms with E-state index in [0.717, 1.165) is 25.9 Å². The number of hydrogen-bond acceptors (Lipinski definition) is 3. The lowest BCUT2D eigenvalue weighted by molar-refractivity contribution is 0.258. The molecule has 1 heterocycles. The summed E-state index contributed by atoms with van der Waals surface area (Å²) in [5, 5.41) is 3.51. The first-order valence-electron chi connectivity index (χ1n) is 6.55. The Morgan fingerprint density at radius 2 is 2.12 bits per heavy atom. The summed E-state index contributed by atoms with van der Waals surface area (Å²) in [7, 11) is -2.99. The Morgan fingerprint density at radius 1 is 1.41 bits per heavy atom. The Balaban J connectivity index is 1.73. The van der Waals surface area contributed by atoms with Gasteiger partial charge in [0.15, 0.2) is 0 Å². The third-order valence-corrected chi connectivity index (χ3v) is 5.31. The molecule has 0 aromatic rings. The third-order valence-electron chi connectivity index (χ3n) is 4.04. The van der Waals surface area contributed by atoms with Gasteiger partial charge in [0.25, 0.3) is 0 Å². The lowest BCUT2D eigenvalue weighted by atomic mass is 9.99. The van der Waals surface area contributed by atoms with Crippen LogP contribution in [0.3, 0.4) is 0 Å². The van der Waals surface area contributed by atoms with Crippen LogP contribution in [-0.4, -0.2) is 45.2 Å². The highest BCUT2D eigenvalue weighted by atomic mass is 32.2. The molecule has 2 aliphatic rings. The van der Waals surface area contributed by atoms with Crippen LogP contribution in [0, 0.1) is 11.3 Å². The second kappa shape index (κ2) is 4.86. The Kier molecular flexibility index (Phi) is 3.80. The lowest BCUT2D eigenvalue weighted by Gasteiger charge is -2.31.